The van der Waals surface area contributed by atoms with E-state index in [2.05, 4.69) is 57.7 Å². The van der Waals surface area contributed by atoms with Gasteiger partial charge in [-0.05, 0) is 69.5 Å². The Morgan fingerprint density at radius 3 is 1.67 bits per heavy atom. The van der Waals surface area contributed by atoms with Crippen LogP contribution in [0.3, 0.4) is 0 Å². The van der Waals surface area contributed by atoms with Crippen LogP contribution in [0.15, 0.2) is 91.0 Å². The number of non-ortho nitro benzene ring substituents is 1. The van der Waals surface area contributed by atoms with Crippen molar-refractivity contribution >= 4 is 132 Å². The number of benzene rings is 5. The van der Waals surface area contributed by atoms with Crippen LogP contribution in [-0.4, -0.2) is 59.1 Å². The van der Waals surface area contributed by atoms with Crippen molar-refractivity contribution in [2.45, 2.75) is 58.5 Å². The van der Waals surface area contributed by atoms with E-state index in [1.165, 1.54) is 41.5 Å². The molecule has 342 valence electrons. The second kappa shape index (κ2) is 21.3. The highest BCUT2D eigenvalue weighted by Crippen LogP contribution is 2.41. The van der Waals surface area contributed by atoms with E-state index in [1.807, 2.05) is 19.1 Å². The third-order valence-electron chi connectivity index (χ3n) is 9.69. The molecule has 4 unspecified atom stereocenters. The number of rotatable bonds is 5. The number of nitrogens with zero attached hydrogens (tertiary/aromatic N) is 3. The average molecular weight is 1010 g/mol. The van der Waals surface area contributed by atoms with Gasteiger partial charge in [0, 0.05) is 18.2 Å². The van der Waals surface area contributed by atoms with Crippen LogP contribution in [0, 0.1) is 30.3 Å². The molecule has 0 radical (unpaired) electrons. The van der Waals surface area contributed by atoms with Gasteiger partial charge < -0.3 is 40.2 Å². The first kappa shape index (κ1) is 49.1. The van der Waals surface area contributed by atoms with Crippen molar-refractivity contribution in [2.24, 2.45) is 0 Å². The maximum atomic E-state index is 10.7. The molecule has 66 heavy (non-hydrogen) atoms. The van der Waals surface area contributed by atoms with Gasteiger partial charge in [0.05, 0.1) is 42.9 Å². The van der Waals surface area contributed by atoms with Crippen molar-refractivity contribution < 1.29 is 33.7 Å². The molecule has 0 aliphatic carbocycles. The van der Waals surface area contributed by atoms with Crippen LogP contribution in [0.5, 0.6) is 23.0 Å². The Morgan fingerprint density at radius 1 is 0.515 bits per heavy atom. The first-order valence-corrected chi connectivity index (χ1v) is 22.0. The first-order chi connectivity index (χ1) is 31.3. The molecule has 23 heteroatoms. The van der Waals surface area contributed by atoms with Crippen molar-refractivity contribution in [3.8, 4) is 23.0 Å². The fourth-order valence-electron chi connectivity index (χ4n) is 6.28. The summed E-state index contributed by atoms with van der Waals surface area (Å²) in [4.78, 5) is 32.7. The van der Waals surface area contributed by atoms with Gasteiger partial charge in [-0.25, -0.2) is 0 Å². The number of hydrogen-bond acceptors (Lipinski definition) is 14. The lowest BCUT2D eigenvalue weighted by molar-refractivity contribution is -0.384. The molecule has 0 fully saturated rings. The van der Waals surface area contributed by atoms with Crippen LogP contribution in [0.2, 0.25) is 10.0 Å². The van der Waals surface area contributed by atoms with Crippen LogP contribution in [0.1, 0.15) is 38.8 Å². The Bertz CT molecular complexity index is 2790. The van der Waals surface area contributed by atoms with Crippen molar-refractivity contribution in [2.75, 3.05) is 21.3 Å². The Hall–Kier alpha value is -6.36. The van der Waals surface area contributed by atoms with Crippen LogP contribution < -0.4 is 40.2 Å². The van der Waals surface area contributed by atoms with Gasteiger partial charge in [0.15, 0.2) is 22.9 Å². The molecule has 0 bridgehead atoms. The molecule has 4 heterocycles. The Morgan fingerprint density at radius 2 is 1.06 bits per heavy atom. The summed E-state index contributed by atoms with van der Waals surface area (Å²) >= 11 is 31.9. The van der Waals surface area contributed by atoms with Gasteiger partial charge in [0.2, 0.25) is 0 Å². The lowest BCUT2D eigenvalue weighted by Crippen LogP contribution is -2.33. The maximum Gasteiger partial charge on any atom is 0.296 e. The van der Waals surface area contributed by atoms with Gasteiger partial charge >= 0.3 is 0 Å². The van der Waals surface area contributed by atoms with Crippen molar-refractivity contribution in [1.82, 2.24) is 0 Å². The normalized spacial score (nSPS) is 18.2. The van der Waals surface area contributed by atoms with Gasteiger partial charge in [-0.2, -0.15) is 0 Å². The molecular weight excluding hydrogens is 974 g/mol. The molecule has 4 aliphatic heterocycles. The molecule has 0 aromatic heterocycles. The van der Waals surface area contributed by atoms with Gasteiger partial charge in [0.25, 0.3) is 17.1 Å². The highest BCUT2D eigenvalue weighted by molar-refractivity contribution is 7.81. The second-order valence-electron chi connectivity index (χ2n) is 14.5. The van der Waals surface area contributed by atoms with Crippen molar-refractivity contribution in [3.05, 3.63) is 143 Å². The summed E-state index contributed by atoms with van der Waals surface area (Å²) < 4.78 is 22.0. The summed E-state index contributed by atoms with van der Waals surface area (Å²) in [6.45, 7) is 7.28. The lowest BCUT2D eigenvalue weighted by atomic mass is 10.0. The number of thiocarbonyl (C=S) groups is 4. The van der Waals surface area contributed by atoms with E-state index in [-0.39, 0.29) is 51.5 Å². The Balaban J connectivity index is 0.000000146. The molecule has 4 atom stereocenters. The number of nitro benzene ring substituents is 3. The monoisotopic (exact) mass is 1010 g/mol. The average Bonchev–Trinajstić information content (AvgIpc) is 3.26. The predicted octanol–water partition coefficient (Wildman–Crippen LogP) is 11.4. The number of nitrogens with one attached hydrogen (secondary N) is 4. The molecule has 0 saturated carbocycles. The molecule has 0 spiro atoms. The summed E-state index contributed by atoms with van der Waals surface area (Å²) in [5.74, 6) is 2.12. The molecule has 17 nitrogen and oxygen atoms in total. The van der Waals surface area contributed by atoms with Crippen LogP contribution in [0.4, 0.5) is 39.8 Å². The van der Waals surface area contributed by atoms with E-state index >= 15 is 0 Å². The largest absolute Gasteiger partial charge is 0.481 e. The summed E-state index contributed by atoms with van der Waals surface area (Å²) in [7, 11) is 0. The smallest absolute Gasteiger partial charge is 0.296 e. The number of ether oxygens (including phenoxy) is 4. The van der Waals surface area contributed by atoms with E-state index in [0.29, 0.717) is 49.3 Å². The SMILES string of the molecule is CC1Oc2c(Cl)cc([N+](=O)[O-])cc2NC1=S.CC1Oc2cc([N+](=O)[O-])c(Cl)cc2NC1=S.CC1Oc2ccc(Cc3ccccc3)cc2NC1=S.CC1Oc2cccc([N+](=O)[O-])c2NC1=S. The van der Waals surface area contributed by atoms with E-state index in [9.17, 15) is 30.3 Å². The van der Waals surface area contributed by atoms with Gasteiger partial charge in [-0.15, -0.1) is 0 Å². The number of halogens is 2. The molecular formula is C43H37Cl2N7O10S4. The fraction of sp³-hybridized carbons (Fsp3) is 0.209. The molecule has 5 aromatic rings. The predicted molar refractivity (Wildman–Crippen MR) is 270 cm³/mol. The highest BCUT2D eigenvalue weighted by atomic mass is 35.5. The Kier molecular flexibility index (Phi) is 15.8. The minimum absolute atomic E-state index is 0.0262. The number of anilines is 4. The summed E-state index contributed by atoms with van der Waals surface area (Å²) in [5, 5.41) is 44.1. The van der Waals surface area contributed by atoms with E-state index in [0.717, 1.165) is 22.8 Å². The molecule has 4 aliphatic rings. The second-order valence-corrected chi connectivity index (χ2v) is 17.1. The fourth-order valence-corrected chi connectivity index (χ4v) is 7.39. The minimum Gasteiger partial charge on any atom is -0.481 e. The Labute approximate surface area is 408 Å². The zero-order valence-electron chi connectivity index (χ0n) is 35.0. The van der Waals surface area contributed by atoms with Gasteiger partial charge in [0.1, 0.15) is 55.1 Å². The molecule has 9 rings (SSSR count). The number of fused-ring (bicyclic) bond motifs is 4. The zero-order chi connectivity index (χ0) is 48.0. The van der Waals surface area contributed by atoms with Crippen molar-refractivity contribution in [3.63, 3.8) is 0 Å². The third kappa shape index (κ3) is 11.9. The summed E-state index contributed by atoms with van der Waals surface area (Å²) in [6.07, 6.45) is 0.0136. The zero-order valence-corrected chi connectivity index (χ0v) is 39.8. The van der Waals surface area contributed by atoms with Crippen LogP contribution >= 0.6 is 72.1 Å². The molecule has 0 saturated heterocycles. The van der Waals surface area contributed by atoms with E-state index in [4.69, 9.17) is 91.0 Å². The van der Waals surface area contributed by atoms with Crippen LogP contribution in [0.25, 0.3) is 0 Å². The number of para-hydroxylation sites is 1. The highest BCUT2D eigenvalue weighted by Gasteiger charge is 2.29. The quantitative estimate of drug-likeness (QED) is 0.0732. The standard InChI is InChI=1S/C16H15NOS.2C9H7ClN2O3S.C9H8N2O3S/c1-11-16(19)17-14-10-13(7-8-15(14)18-11)9-12-5-3-2-4-6-12;1-4-9(16)11-6-2-5(10)7(12(13)14)3-8(6)15-4;1-4-9(16)11-7-3-5(12(13)14)2-6(10)8(7)15-4;1-5-9(15)10-8-6(11(12)13)3-2-4-7(8)14-5/h2-8,10-11H,9H2,1H3,(H,17,19);2*2-4H,1H3,(H,11,16);2-5H,1H3,(H,10,15). The van der Waals surface area contributed by atoms with Crippen LogP contribution in [-0.2, 0) is 6.42 Å². The summed E-state index contributed by atoms with van der Waals surface area (Å²) in [5.41, 5.74) is 4.54. The topological polar surface area (TPSA) is 214 Å². The van der Waals surface area contributed by atoms with E-state index in [1.54, 1.807) is 32.9 Å². The molecule has 4 N–H and O–H groups in total. The summed E-state index contributed by atoms with van der Waals surface area (Å²) in [6, 6.07) is 26.7. The molecule has 0 amide bonds. The third-order valence-corrected chi connectivity index (χ3v) is 12.0. The number of nitro groups is 3. The maximum absolute atomic E-state index is 10.7. The van der Waals surface area contributed by atoms with E-state index < -0.39 is 14.8 Å². The van der Waals surface area contributed by atoms with Gasteiger partial charge in [-0.1, -0.05) is 115 Å². The minimum atomic E-state index is -0.552. The number of hydrogen-bond donors (Lipinski definition) is 4. The first-order valence-electron chi connectivity index (χ1n) is 19.6. The molecule has 5 aromatic carbocycles. The van der Waals surface area contributed by atoms with Gasteiger partial charge in [-0.3, -0.25) is 30.3 Å². The lowest BCUT2D eigenvalue weighted by Gasteiger charge is -2.25. The van der Waals surface area contributed by atoms with Crippen molar-refractivity contribution in [1.29, 1.82) is 0 Å².